The van der Waals surface area contributed by atoms with Crippen molar-refractivity contribution >= 4 is 17.6 Å². The van der Waals surface area contributed by atoms with Crippen LogP contribution in [0.3, 0.4) is 0 Å². The number of rotatable bonds is 6. The highest BCUT2D eigenvalue weighted by Crippen LogP contribution is 2.18. The monoisotopic (exact) mass is 422 g/mol. The van der Waals surface area contributed by atoms with Crippen molar-refractivity contribution in [2.75, 3.05) is 11.9 Å². The summed E-state index contributed by atoms with van der Waals surface area (Å²) in [6, 6.07) is 8.50. The maximum absolute atomic E-state index is 13.0. The van der Waals surface area contributed by atoms with E-state index in [4.69, 9.17) is 0 Å². The van der Waals surface area contributed by atoms with E-state index in [2.05, 4.69) is 58.5 Å². The molecule has 1 unspecified atom stereocenters. The van der Waals surface area contributed by atoms with Crippen LogP contribution in [0.25, 0.3) is 5.78 Å². The highest BCUT2D eigenvalue weighted by Gasteiger charge is 2.23. The number of aromatic amines is 1. The van der Waals surface area contributed by atoms with Gasteiger partial charge < -0.3 is 10.2 Å². The van der Waals surface area contributed by atoms with Gasteiger partial charge in [0.2, 0.25) is 11.9 Å². The van der Waals surface area contributed by atoms with Gasteiger partial charge in [-0.25, -0.2) is 4.98 Å². The Morgan fingerprint density at radius 1 is 1.19 bits per heavy atom. The number of likely N-dealkylation sites (tertiary alicyclic amines) is 1. The molecule has 8 nitrogen and oxygen atoms in total. The Bertz CT molecular complexity index is 1130. The van der Waals surface area contributed by atoms with Gasteiger partial charge in [-0.15, -0.1) is 0 Å². The lowest BCUT2D eigenvalue weighted by atomic mass is 10.0. The maximum atomic E-state index is 13.0. The van der Waals surface area contributed by atoms with Gasteiger partial charge in [-0.05, 0) is 52.0 Å². The molecule has 8 heteroatoms. The minimum atomic E-state index is -0.196. The number of aryl methyl sites for hydroxylation is 2. The number of benzene rings is 1. The Morgan fingerprint density at radius 2 is 1.97 bits per heavy atom. The molecule has 1 amide bonds. The van der Waals surface area contributed by atoms with Gasteiger partial charge in [-0.3, -0.25) is 14.7 Å². The van der Waals surface area contributed by atoms with Crippen LogP contribution in [-0.2, 0) is 17.8 Å². The summed E-state index contributed by atoms with van der Waals surface area (Å²) < 4.78 is 1.35. The number of hydrogen-bond acceptors (Lipinski definition) is 5. The molecule has 0 aliphatic carbocycles. The molecule has 3 aromatic rings. The Hall–Kier alpha value is -3.16. The molecule has 2 aromatic heterocycles. The normalized spacial score (nSPS) is 16.6. The molecule has 164 valence electrons. The summed E-state index contributed by atoms with van der Waals surface area (Å²) in [6.45, 7) is 7.35. The largest absolute Gasteiger partial charge is 0.351 e. The van der Waals surface area contributed by atoms with Gasteiger partial charge in [-0.2, -0.15) is 9.50 Å². The van der Waals surface area contributed by atoms with Crippen LogP contribution < -0.4 is 10.9 Å². The van der Waals surface area contributed by atoms with Gasteiger partial charge in [0.15, 0.2) is 0 Å². The second-order valence-corrected chi connectivity index (χ2v) is 8.46. The van der Waals surface area contributed by atoms with E-state index >= 15 is 0 Å². The van der Waals surface area contributed by atoms with E-state index in [9.17, 15) is 9.59 Å². The van der Waals surface area contributed by atoms with E-state index < -0.39 is 0 Å². The quantitative estimate of drug-likeness (QED) is 0.637. The summed E-state index contributed by atoms with van der Waals surface area (Å²) in [5, 5.41) is 6.20. The van der Waals surface area contributed by atoms with Crippen molar-refractivity contribution in [2.45, 2.75) is 65.5 Å². The lowest BCUT2D eigenvalue weighted by Gasteiger charge is -2.33. The third kappa shape index (κ3) is 4.62. The summed E-state index contributed by atoms with van der Waals surface area (Å²) in [5.74, 6) is 0.926. The zero-order valence-electron chi connectivity index (χ0n) is 18.4. The van der Waals surface area contributed by atoms with E-state index in [1.807, 2.05) is 4.90 Å². The highest BCUT2D eigenvalue weighted by molar-refractivity contribution is 5.76. The number of fused-ring (bicyclic) bond motifs is 1. The first-order valence-corrected chi connectivity index (χ1v) is 11.0. The first-order chi connectivity index (χ1) is 14.9. The molecule has 0 spiro atoms. The average molecular weight is 423 g/mol. The number of nitrogens with one attached hydrogen (secondary N) is 2. The fourth-order valence-corrected chi connectivity index (χ4v) is 4.16. The third-order valence-corrected chi connectivity index (χ3v) is 6.09. The molecule has 0 saturated carbocycles. The smallest absolute Gasteiger partial charge is 0.277 e. The summed E-state index contributed by atoms with van der Waals surface area (Å²) >= 11 is 0. The molecule has 4 rings (SSSR count). The number of amides is 1. The van der Waals surface area contributed by atoms with Crippen molar-refractivity contribution in [2.24, 2.45) is 0 Å². The van der Waals surface area contributed by atoms with E-state index in [0.717, 1.165) is 24.9 Å². The second kappa shape index (κ2) is 8.91. The zero-order valence-corrected chi connectivity index (χ0v) is 18.4. The summed E-state index contributed by atoms with van der Waals surface area (Å²) in [5.41, 5.74) is 3.32. The van der Waals surface area contributed by atoms with Crippen LogP contribution in [0, 0.1) is 13.8 Å². The van der Waals surface area contributed by atoms with Gasteiger partial charge in [0.1, 0.15) is 0 Å². The highest BCUT2D eigenvalue weighted by atomic mass is 16.2. The number of nitrogens with zero attached hydrogens (tertiary/aromatic N) is 4. The van der Waals surface area contributed by atoms with Crippen molar-refractivity contribution in [3.05, 3.63) is 57.0 Å². The molecule has 1 saturated heterocycles. The topological polar surface area (TPSA) is 95.4 Å². The predicted octanol–water partition coefficient (Wildman–Crippen LogP) is 2.98. The number of aromatic nitrogens is 4. The van der Waals surface area contributed by atoms with E-state index in [-0.39, 0.29) is 17.5 Å². The molecular weight excluding hydrogens is 392 g/mol. The molecule has 0 radical (unpaired) electrons. The number of hydrogen-bond donors (Lipinski definition) is 2. The fraction of sp³-hybridized carbons (Fsp3) is 0.478. The van der Waals surface area contributed by atoms with Crippen molar-refractivity contribution in [1.82, 2.24) is 24.5 Å². The van der Waals surface area contributed by atoms with Crippen LogP contribution in [0.1, 0.15) is 55.0 Å². The van der Waals surface area contributed by atoms with E-state index in [1.54, 1.807) is 6.92 Å². The van der Waals surface area contributed by atoms with Gasteiger partial charge in [-0.1, -0.05) is 29.8 Å². The number of carbonyl (C=O) groups is 1. The van der Waals surface area contributed by atoms with E-state index in [0.29, 0.717) is 42.4 Å². The Balaban J connectivity index is 1.47. The zero-order chi connectivity index (χ0) is 22.0. The molecule has 1 fully saturated rings. The molecule has 1 atom stereocenters. The van der Waals surface area contributed by atoms with Crippen molar-refractivity contribution in [1.29, 1.82) is 0 Å². The van der Waals surface area contributed by atoms with Crippen LogP contribution in [0.4, 0.5) is 5.95 Å². The molecule has 3 heterocycles. The van der Waals surface area contributed by atoms with Crippen LogP contribution in [0.5, 0.6) is 0 Å². The van der Waals surface area contributed by atoms with Gasteiger partial charge in [0.25, 0.3) is 11.3 Å². The minimum Gasteiger partial charge on any atom is -0.351 e. The lowest BCUT2D eigenvalue weighted by Crippen LogP contribution is -2.42. The lowest BCUT2D eigenvalue weighted by molar-refractivity contribution is -0.134. The van der Waals surface area contributed by atoms with Crippen LogP contribution >= 0.6 is 0 Å². The summed E-state index contributed by atoms with van der Waals surface area (Å²) in [4.78, 5) is 36.5. The Labute approximate surface area is 181 Å². The van der Waals surface area contributed by atoms with Crippen LogP contribution in [-0.4, -0.2) is 43.0 Å². The molecule has 2 N–H and O–H groups in total. The first kappa shape index (κ1) is 21.1. The van der Waals surface area contributed by atoms with Gasteiger partial charge in [0.05, 0.1) is 5.69 Å². The van der Waals surface area contributed by atoms with Crippen LogP contribution in [0.2, 0.25) is 0 Å². The Morgan fingerprint density at radius 3 is 2.71 bits per heavy atom. The average Bonchev–Trinajstić information content (AvgIpc) is 3.16. The standard InChI is InChI=1S/C23H30N6O2/c1-15-7-9-18(10-8-15)14-24-22-26-23-25-17(3)19(21(31)29(23)27-22)11-12-20(30)28-13-5-4-6-16(28)2/h7-10,16H,4-6,11-14H2,1-3H3,(H2,24,25,26,27). The van der Waals surface area contributed by atoms with Gasteiger partial charge in [0, 0.05) is 31.1 Å². The number of piperidine rings is 1. The van der Waals surface area contributed by atoms with Gasteiger partial charge >= 0.3 is 0 Å². The molecule has 0 bridgehead atoms. The second-order valence-electron chi connectivity index (χ2n) is 8.46. The third-order valence-electron chi connectivity index (χ3n) is 6.09. The first-order valence-electron chi connectivity index (χ1n) is 11.0. The number of H-pyrrole nitrogens is 1. The molecular formula is C23H30N6O2. The maximum Gasteiger partial charge on any atom is 0.277 e. The molecule has 1 aliphatic rings. The van der Waals surface area contributed by atoms with Crippen molar-refractivity contribution in [3.63, 3.8) is 0 Å². The SMILES string of the molecule is Cc1ccc(CNc2nc3nc(C)c(CCC(=O)N4CCCCC4C)c(=O)n3[nH]2)cc1. The fourth-order valence-electron chi connectivity index (χ4n) is 4.16. The van der Waals surface area contributed by atoms with Crippen molar-refractivity contribution < 1.29 is 4.79 Å². The minimum absolute atomic E-state index is 0.112. The number of anilines is 1. The van der Waals surface area contributed by atoms with Crippen molar-refractivity contribution in [3.8, 4) is 0 Å². The number of carbonyl (C=O) groups excluding carboxylic acids is 1. The summed E-state index contributed by atoms with van der Waals surface area (Å²) in [7, 11) is 0. The molecule has 1 aromatic carbocycles. The molecule has 31 heavy (non-hydrogen) atoms. The van der Waals surface area contributed by atoms with E-state index in [1.165, 1.54) is 16.5 Å². The summed E-state index contributed by atoms with van der Waals surface area (Å²) in [6.07, 6.45) is 3.98. The van der Waals surface area contributed by atoms with Crippen LogP contribution in [0.15, 0.2) is 29.1 Å². The molecule has 1 aliphatic heterocycles. The Kier molecular flexibility index (Phi) is 6.06. The predicted molar refractivity (Wildman–Crippen MR) is 120 cm³/mol.